The second-order valence-corrected chi connectivity index (χ2v) is 8.09. The third-order valence-electron chi connectivity index (χ3n) is 3.91. The molecule has 1 N–H and O–H groups in total. The lowest BCUT2D eigenvalue weighted by atomic mass is 10.1. The number of carbonyl (C=O) groups is 1. The van der Waals surface area contributed by atoms with Crippen LogP contribution in [0, 0.1) is 13.8 Å². The highest BCUT2D eigenvalue weighted by atomic mass is 79.9. The van der Waals surface area contributed by atoms with Gasteiger partial charge >= 0.3 is 0 Å². The molecule has 8 heteroatoms. The van der Waals surface area contributed by atoms with Crippen molar-refractivity contribution < 1.29 is 4.79 Å². The quantitative estimate of drug-likeness (QED) is 0.681. The summed E-state index contributed by atoms with van der Waals surface area (Å²) in [5.74, 6) is 0.656. The summed E-state index contributed by atoms with van der Waals surface area (Å²) in [6.07, 6.45) is 3.44. The van der Waals surface area contributed by atoms with Gasteiger partial charge in [-0.2, -0.15) is 10.1 Å². The highest BCUT2D eigenvalue weighted by Crippen LogP contribution is 2.22. The molecule has 126 valence electrons. The molecule has 0 aliphatic carbocycles. The van der Waals surface area contributed by atoms with Gasteiger partial charge in [-0.15, -0.1) is 11.3 Å². The van der Waals surface area contributed by atoms with Crippen LogP contribution in [0.2, 0.25) is 0 Å². The van der Waals surface area contributed by atoms with Crippen LogP contribution in [0.25, 0.3) is 5.78 Å². The Bertz CT molecular complexity index is 873. The number of carbonyl (C=O) groups excluding carboxylic acids is 1. The molecule has 24 heavy (non-hydrogen) atoms. The molecule has 0 saturated heterocycles. The largest absolute Gasteiger partial charge is 0.356 e. The number of nitrogens with zero attached hydrogens (tertiary/aromatic N) is 4. The van der Waals surface area contributed by atoms with Crippen LogP contribution >= 0.6 is 27.3 Å². The van der Waals surface area contributed by atoms with Gasteiger partial charge in [0, 0.05) is 29.2 Å². The number of halogens is 1. The summed E-state index contributed by atoms with van der Waals surface area (Å²) in [6.45, 7) is 4.59. The number of amides is 1. The van der Waals surface area contributed by atoms with Gasteiger partial charge in [-0.25, -0.2) is 9.50 Å². The van der Waals surface area contributed by atoms with Crippen molar-refractivity contribution in [3.63, 3.8) is 0 Å². The summed E-state index contributed by atoms with van der Waals surface area (Å²) in [5.41, 5.74) is 2.96. The minimum atomic E-state index is 0.0584. The van der Waals surface area contributed by atoms with Crippen LogP contribution in [0.4, 0.5) is 0 Å². The maximum absolute atomic E-state index is 12.1. The zero-order valence-corrected chi connectivity index (χ0v) is 15.9. The molecule has 3 aromatic heterocycles. The molecule has 0 spiro atoms. The minimum absolute atomic E-state index is 0.0584. The molecule has 0 radical (unpaired) electrons. The second kappa shape index (κ2) is 7.40. The lowest BCUT2D eigenvalue weighted by Gasteiger charge is -2.10. The van der Waals surface area contributed by atoms with Crippen LogP contribution in [0.15, 0.2) is 22.2 Å². The molecular formula is C16H18BrN5OS. The fraction of sp³-hybridized carbons (Fsp3) is 0.375. The van der Waals surface area contributed by atoms with Crippen molar-refractivity contribution in [2.75, 3.05) is 6.54 Å². The summed E-state index contributed by atoms with van der Waals surface area (Å²) in [6, 6.07) is 4.10. The number of hydrogen-bond donors (Lipinski definition) is 1. The zero-order chi connectivity index (χ0) is 17.1. The van der Waals surface area contributed by atoms with Crippen molar-refractivity contribution >= 4 is 39.0 Å². The normalized spacial score (nSPS) is 11.1. The minimum Gasteiger partial charge on any atom is -0.356 e. The van der Waals surface area contributed by atoms with Crippen molar-refractivity contribution in [3.05, 3.63) is 44.1 Å². The summed E-state index contributed by atoms with van der Waals surface area (Å²) in [7, 11) is 0. The van der Waals surface area contributed by atoms with Gasteiger partial charge < -0.3 is 5.32 Å². The fourth-order valence-corrected chi connectivity index (χ4v) is 4.14. The number of aryl methyl sites for hydroxylation is 2. The van der Waals surface area contributed by atoms with Crippen molar-refractivity contribution in [1.82, 2.24) is 24.9 Å². The molecule has 6 nitrogen and oxygen atoms in total. The second-order valence-electron chi connectivity index (χ2n) is 5.54. The van der Waals surface area contributed by atoms with Gasteiger partial charge in [-0.1, -0.05) is 0 Å². The van der Waals surface area contributed by atoms with Crippen molar-refractivity contribution in [2.24, 2.45) is 0 Å². The Hall–Kier alpha value is -1.80. The van der Waals surface area contributed by atoms with Crippen LogP contribution in [-0.4, -0.2) is 32.0 Å². The summed E-state index contributed by atoms with van der Waals surface area (Å²) in [5, 5.41) is 7.15. The molecule has 0 bridgehead atoms. The lowest BCUT2D eigenvalue weighted by molar-refractivity contribution is -0.121. The Morgan fingerprint density at radius 2 is 2.17 bits per heavy atom. The third kappa shape index (κ3) is 3.81. The van der Waals surface area contributed by atoms with Crippen LogP contribution in [-0.2, 0) is 17.6 Å². The number of nitrogens with one attached hydrogen (secondary N) is 1. The number of hydrogen-bond acceptors (Lipinski definition) is 5. The SMILES string of the molecule is Cc1nc2ncnn2c(C)c1CCC(=O)NCCc1ccc(Br)s1. The van der Waals surface area contributed by atoms with Gasteiger partial charge in [-0.05, 0) is 60.3 Å². The molecule has 3 aromatic rings. The van der Waals surface area contributed by atoms with Crippen LogP contribution < -0.4 is 5.32 Å². The monoisotopic (exact) mass is 407 g/mol. The van der Waals surface area contributed by atoms with Crippen molar-refractivity contribution in [1.29, 1.82) is 0 Å². The standard InChI is InChI=1S/C16H18BrN5OS/c1-10-13(11(2)22-16(21-10)19-9-20-22)4-6-15(23)18-8-7-12-3-5-14(17)24-12/h3,5,9H,4,6-8H2,1-2H3,(H,18,23). The first-order valence-electron chi connectivity index (χ1n) is 7.71. The van der Waals surface area contributed by atoms with E-state index >= 15 is 0 Å². The Morgan fingerprint density at radius 3 is 2.92 bits per heavy atom. The Kier molecular flexibility index (Phi) is 5.25. The molecule has 0 fully saturated rings. The smallest absolute Gasteiger partial charge is 0.252 e. The molecule has 0 aliphatic rings. The number of aromatic nitrogens is 4. The number of rotatable bonds is 6. The predicted octanol–water partition coefficient (Wildman–Crippen LogP) is 2.86. The Balaban J connectivity index is 1.54. The van der Waals surface area contributed by atoms with Crippen LogP contribution in [0.1, 0.15) is 28.2 Å². The van der Waals surface area contributed by atoms with Gasteiger partial charge in [0.1, 0.15) is 6.33 Å². The van der Waals surface area contributed by atoms with Gasteiger partial charge in [0.25, 0.3) is 5.78 Å². The summed E-state index contributed by atoms with van der Waals surface area (Å²) in [4.78, 5) is 21.9. The zero-order valence-electron chi connectivity index (χ0n) is 13.5. The first-order valence-corrected chi connectivity index (χ1v) is 9.32. The number of fused-ring (bicyclic) bond motifs is 1. The highest BCUT2D eigenvalue weighted by Gasteiger charge is 2.12. The number of thiophene rings is 1. The highest BCUT2D eigenvalue weighted by molar-refractivity contribution is 9.11. The first-order chi connectivity index (χ1) is 11.5. The molecular weight excluding hydrogens is 390 g/mol. The van der Waals surface area contributed by atoms with Crippen LogP contribution in [0.5, 0.6) is 0 Å². The topological polar surface area (TPSA) is 72.2 Å². The van der Waals surface area contributed by atoms with Gasteiger partial charge in [0.15, 0.2) is 0 Å². The van der Waals surface area contributed by atoms with Gasteiger partial charge in [0.05, 0.1) is 3.79 Å². The summed E-state index contributed by atoms with van der Waals surface area (Å²) >= 11 is 5.14. The average molecular weight is 408 g/mol. The Morgan fingerprint density at radius 1 is 1.33 bits per heavy atom. The molecule has 0 unspecified atom stereocenters. The van der Waals surface area contributed by atoms with E-state index in [2.05, 4.69) is 42.4 Å². The van der Waals surface area contributed by atoms with E-state index in [-0.39, 0.29) is 5.91 Å². The van der Waals surface area contributed by atoms with E-state index in [9.17, 15) is 4.79 Å². The van der Waals surface area contributed by atoms with E-state index in [1.807, 2.05) is 19.9 Å². The van der Waals surface area contributed by atoms with Crippen molar-refractivity contribution in [3.8, 4) is 0 Å². The van der Waals surface area contributed by atoms with E-state index < -0.39 is 0 Å². The van der Waals surface area contributed by atoms with Crippen molar-refractivity contribution in [2.45, 2.75) is 33.1 Å². The molecule has 0 aromatic carbocycles. The average Bonchev–Trinajstić information content (AvgIpc) is 3.16. The lowest BCUT2D eigenvalue weighted by Crippen LogP contribution is -2.26. The fourth-order valence-electron chi connectivity index (χ4n) is 2.66. The van der Waals surface area contributed by atoms with Gasteiger partial charge in [-0.3, -0.25) is 4.79 Å². The molecule has 1 amide bonds. The Labute approximate surface area is 152 Å². The molecule has 0 saturated carbocycles. The molecule has 0 aliphatic heterocycles. The first kappa shape index (κ1) is 17.0. The summed E-state index contributed by atoms with van der Waals surface area (Å²) < 4.78 is 2.83. The molecule has 3 rings (SSSR count). The molecule has 3 heterocycles. The van der Waals surface area contributed by atoms with E-state index in [4.69, 9.17) is 0 Å². The van der Waals surface area contributed by atoms with Gasteiger partial charge in [0.2, 0.25) is 5.91 Å². The predicted molar refractivity (Wildman–Crippen MR) is 97.3 cm³/mol. The third-order valence-corrected chi connectivity index (χ3v) is 5.60. The van der Waals surface area contributed by atoms with E-state index in [1.54, 1.807) is 15.9 Å². The molecule has 0 atom stereocenters. The van der Waals surface area contributed by atoms with E-state index in [0.29, 0.717) is 25.2 Å². The van der Waals surface area contributed by atoms with E-state index in [0.717, 1.165) is 27.2 Å². The van der Waals surface area contributed by atoms with E-state index in [1.165, 1.54) is 11.2 Å². The van der Waals surface area contributed by atoms with Crippen LogP contribution in [0.3, 0.4) is 0 Å². The maximum Gasteiger partial charge on any atom is 0.252 e. The maximum atomic E-state index is 12.1.